The second kappa shape index (κ2) is 6.59. The maximum Gasteiger partial charge on any atom is 0.150 e. The van der Waals surface area contributed by atoms with Crippen LogP contribution in [0.3, 0.4) is 0 Å². The first-order chi connectivity index (χ1) is 2.81. The molecule has 1 unspecified atom stereocenters. The third-order valence-electron chi connectivity index (χ3n) is 0.344. The van der Waals surface area contributed by atoms with Crippen LogP contribution >= 0.6 is 0 Å². The summed E-state index contributed by atoms with van der Waals surface area (Å²) in [7, 11) is 0. The van der Waals surface area contributed by atoms with E-state index in [0.29, 0.717) is 0 Å². The van der Waals surface area contributed by atoms with E-state index >= 15 is 0 Å². The summed E-state index contributed by atoms with van der Waals surface area (Å²) < 4.78 is 0. The van der Waals surface area contributed by atoms with Crippen molar-refractivity contribution in [3.63, 3.8) is 0 Å². The summed E-state index contributed by atoms with van der Waals surface area (Å²) in [6.07, 6.45) is -0.912. The van der Waals surface area contributed by atoms with E-state index in [4.69, 9.17) is 10.2 Å². The molecule has 0 fully saturated rings. The van der Waals surface area contributed by atoms with Crippen molar-refractivity contribution in [3.8, 4) is 0 Å². The quantitative estimate of drug-likeness (QED) is 0.326. The maximum atomic E-state index is 9.33. The molecule has 0 aromatic rings. The molecule has 0 saturated carbocycles. The van der Waals surface area contributed by atoms with Crippen molar-refractivity contribution in [2.45, 2.75) is 6.10 Å². The van der Waals surface area contributed by atoms with Crippen LogP contribution in [0.1, 0.15) is 0 Å². The van der Waals surface area contributed by atoms with Crippen molar-refractivity contribution < 1.29 is 15.0 Å². The van der Waals surface area contributed by atoms with E-state index in [0.717, 1.165) is 0 Å². The fraction of sp³-hybridized carbons (Fsp3) is 0.667. The van der Waals surface area contributed by atoms with Gasteiger partial charge in [0.25, 0.3) is 0 Å². The van der Waals surface area contributed by atoms with Gasteiger partial charge < -0.3 is 15.0 Å². The minimum Gasteiger partial charge on any atom is -0.393 e. The van der Waals surface area contributed by atoms with E-state index in [1.54, 1.807) is 0 Å². The Morgan fingerprint density at radius 3 is 2.14 bits per heavy atom. The minimum atomic E-state index is -1.19. The van der Waals surface area contributed by atoms with Gasteiger partial charge >= 0.3 is 0 Å². The summed E-state index contributed by atoms with van der Waals surface area (Å²) in [5.74, 6) is 0. The molecule has 0 aromatic heterocycles. The number of carbonyl (C=O) groups is 1. The van der Waals surface area contributed by atoms with Gasteiger partial charge in [0.1, 0.15) is 6.10 Å². The normalized spacial score (nSPS) is 11.7. The molecule has 1 atom stereocenters. The summed E-state index contributed by atoms with van der Waals surface area (Å²) >= 11 is 0. The van der Waals surface area contributed by atoms with Crippen LogP contribution < -0.4 is 0 Å². The molecule has 0 aliphatic rings. The van der Waals surface area contributed by atoms with Crippen LogP contribution in [0.25, 0.3) is 0 Å². The monoisotopic (exact) mass is 113 g/mol. The molecule has 0 amide bonds. The Hall–Kier alpha value is 0.590. The number of hydrogen-bond acceptors (Lipinski definition) is 3. The Morgan fingerprint density at radius 2 is 2.14 bits per heavy atom. The van der Waals surface area contributed by atoms with Crippen LogP contribution in [0.15, 0.2) is 0 Å². The van der Waals surface area contributed by atoms with E-state index in [1.807, 2.05) is 0 Å². The minimum absolute atomic E-state index is 0. The van der Waals surface area contributed by atoms with Crippen molar-refractivity contribution in [1.29, 1.82) is 0 Å². The SMILES string of the molecule is O=CC(O)CO.[Na]. The van der Waals surface area contributed by atoms with Gasteiger partial charge in [-0.15, -0.1) is 0 Å². The number of aliphatic hydroxyl groups is 2. The molecular formula is C3H6NaO3. The smallest absolute Gasteiger partial charge is 0.150 e. The molecule has 1 radical (unpaired) electrons. The van der Waals surface area contributed by atoms with Gasteiger partial charge in [0.05, 0.1) is 6.61 Å². The van der Waals surface area contributed by atoms with Crippen molar-refractivity contribution in [1.82, 2.24) is 0 Å². The van der Waals surface area contributed by atoms with Crippen molar-refractivity contribution in [2.75, 3.05) is 6.61 Å². The molecule has 7 heavy (non-hydrogen) atoms. The molecule has 0 aromatic carbocycles. The van der Waals surface area contributed by atoms with Crippen LogP contribution in [-0.4, -0.2) is 58.8 Å². The fourth-order valence-corrected chi connectivity index (χ4v) is 0.0430. The average Bonchev–Trinajstić information content (AvgIpc) is 1.65. The summed E-state index contributed by atoms with van der Waals surface area (Å²) in [5.41, 5.74) is 0. The first-order valence-electron chi connectivity index (χ1n) is 1.55. The van der Waals surface area contributed by atoms with Crippen LogP contribution in [-0.2, 0) is 4.79 Å². The van der Waals surface area contributed by atoms with Gasteiger partial charge in [-0.1, -0.05) is 0 Å². The third-order valence-corrected chi connectivity index (χ3v) is 0.344. The molecule has 0 saturated heterocycles. The molecule has 4 heteroatoms. The van der Waals surface area contributed by atoms with Crippen molar-refractivity contribution >= 4 is 35.8 Å². The molecule has 0 aliphatic heterocycles. The van der Waals surface area contributed by atoms with Crippen LogP contribution in [0, 0.1) is 0 Å². The standard InChI is InChI=1S/C3H6O3.Na/c4-1-3(6)2-5;/h1,3,5-6H,2H2;. The summed E-state index contributed by atoms with van der Waals surface area (Å²) in [5, 5.41) is 15.9. The fourth-order valence-electron chi connectivity index (χ4n) is 0.0430. The number of aliphatic hydroxyl groups excluding tert-OH is 2. The Kier molecular flexibility index (Phi) is 9.93. The number of rotatable bonds is 2. The van der Waals surface area contributed by atoms with E-state index in [-0.39, 0.29) is 35.8 Å². The topological polar surface area (TPSA) is 57.5 Å². The van der Waals surface area contributed by atoms with Gasteiger partial charge in [-0.25, -0.2) is 0 Å². The largest absolute Gasteiger partial charge is 0.393 e. The van der Waals surface area contributed by atoms with E-state index in [9.17, 15) is 4.79 Å². The molecule has 0 aliphatic carbocycles. The molecule has 37 valence electrons. The van der Waals surface area contributed by atoms with Crippen molar-refractivity contribution in [3.05, 3.63) is 0 Å². The number of hydrogen-bond donors (Lipinski definition) is 2. The summed E-state index contributed by atoms with van der Waals surface area (Å²) in [6.45, 7) is -0.483. The molecule has 0 heterocycles. The Labute approximate surface area is 63.6 Å². The van der Waals surface area contributed by atoms with Crippen molar-refractivity contribution in [2.24, 2.45) is 0 Å². The summed E-state index contributed by atoms with van der Waals surface area (Å²) in [4.78, 5) is 9.33. The van der Waals surface area contributed by atoms with Gasteiger partial charge in [0, 0.05) is 29.6 Å². The Morgan fingerprint density at radius 1 is 1.71 bits per heavy atom. The molecule has 3 nitrogen and oxygen atoms in total. The first-order valence-corrected chi connectivity index (χ1v) is 1.55. The zero-order chi connectivity index (χ0) is 4.99. The van der Waals surface area contributed by atoms with E-state index in [1.165, 1.54) is 0 Å². The third kappa shape index (κ3) is 6.59. The Bertz CT molecular complexity index is 47.4. The van der Waals surface area contributed by atoms with E-state index < -0.39 is 12.7 Å². The predicted molar refractivity (Wildman–Crippen MR) is 24.9 cm³/mol. The average molecular weight is 113 g/mol. The molecular weight excluding hydrogens is 107 g/mol. The molecule has 0 bridgehead atoms. The zero-order valence-electron chi connectivity index (χ0n) is 4.16. The van der Waals surface area contributed by atoms with Gasteiger partial charge in [-0.05, 0) is 0 Å². The summed E-state index contributed by atoms with van der Waals surface area (Å²) in [6, 6.07) is 0. The zero-order valence-corrected chi connectivity index (χ0v) is 6.16. The van der Waals surface area contributed by atoms with Gasteiger partial charge in [-0.2, -0.15) is 0 Å². The number of carbonyl (C=O) groups excluding carboxylic acids is 1. The second-order valence-corrected chi connectivity index (χ2v) is 0.886. The van der Waals surface area contributed by atoms with Gasteiger partial charge in [0.15, 0.2) is 6.29 Å². The number of aldehydes is 1. The van der Waals surface area contributed by atoms with Gasteiger partial charge in [0.2, 0.25) is 0 Å². The maximum absolute atomic E-state index is 9.33. The molecule has 2 N–H and O–H groups in total. The van der Waals surface area contributed by atoms with Crippen LogP contribution in [0.2, 0.25) is 0 Å². The molecule has 0 rings (SSSR count). The predicted octanol–water partition coefficient (Wildman–Crippen LogP) is -1.84. The van der Waals surface area contributed by atoms with Crippen LogP contribution in [0.4, 0.5) is 0 Å². The van der Waals surface area contributed by atoms with Gasteiger partial charge in [-0.3, -0.25) is 0 Å². The Balaban J connectivity index is 0. The van der Waals surface area contributed by atoms with Crippen LogP contribution in [0.5, 0.6) is 0 Å². The first kappa shape index (κ1) is 10.5. The second-order valence-electron chi connectivity index (χ2n) is 0.886. The van der Waals surface area contributed by atoms with E-state index in [2.05, 4.69) is 0 Å². The molecule has 0 spiro atoms.